The predicted octanol–water partition coefficient (Wildman–Crippen LogP) is 5.57. The summed E-state index contributed by atoms with van der Waals surface area (Å²) in [5.74, 6) is 1.26. The van der Waals surface area contributed by atoms with Gasteiger partial charge in [0, 0.05) is 6.08 Å². The van der Waals surface area contributed by atoms with Crippen molar-refractivity contribution in [3.05, 3.63) is 42.5 Å². The fourth-order valence-corrected chi connectivity index (χ4v) is 5.18. The molecule has 0 N–H and O–H groups in total. The summed E-state index contributed by atoms with van der Waals surface area (Å²) in [7, 11) is 0. The number of rotatable bonds is 10. The van der Waals surface area contributed by atoms with E-state index in [1.54, 1.807) is 0 Å². The van der Waals surface area contributed by atoms with E-state index in [0.717, 1.165) is 63.0 Å². The molecule has 2 aliphatic carbocycles. The summed E-state index contributed by atoms with van der Waals surface area (Å²) >= 11 is 0. The Labute approximate surface area is 203 Å². The van der Waals surface area contributed by atoms with Crippen LogP contribution in [0.1, 0.15) is 69.8 Å². The van der Waals surface area contributed by atoms with Crippen molar-refractivity contribution in [3.8, 4) is 5.75 Å². The molecule has 0 aliphatic heterocycles. The van der Waals surface area contributed by atoms with Gasteiger partial charge in [0.05, 0.1) is 25.0 Å². The molecule has 0 unspecified atom stereocenters. The molecule has 3 rings (SSSR count). The molecule has 186 valence electrons. The van der Waals surface area contributed by atoms with Crippen LogP contribution in [-0.4, -0.2) is 31.1 Å². The largest absolute Gasteiger partial charge is 0.465 e. The van der Waals surface area contributed by atoms with Crippen LogP contribution < -0.4 is 4.74 Å². The molecule has 0 spiro atoms. The molecule has 6 heteroatoms. The van der Waals surface area contributed by atoms with Gasteiger partial charge in [-0.25, -0.2) is 4.79 Å². The van der Waals surface area contributed by atoms with Gasteiger partial charge in [-0.05, 0) is 95.1 Å². The van der Waals surface area contributed by atoms with E-state index >= 15 is 0 Å². The molecule has 1 aromatic rings. The van der Waals surface area contributed by atoms with E-state index in [2.05, 4.69) is 6.58 Å². The van der Waals surface area contributed by atoms with Crippen molar-refractivity contribution in [3.63, 3.8) is 0 Å². The van der Waals surface area contributed by atoms with E-state index in [9.17, 15) is 14.4 Å². The Morgan fingerprint density at radius 1 is 0.794 bits per heavy atom. The van der Waals surface area contributed by atoms with Crippen molar-refractivity contribution in [1.29, 1.82) is 0 Å². The lowest BCUT2D eigenvalue weighted by atomic mass is 9.69. The third-order valence-electron chi connectivity index (χ3n) is 7.31. The second-order valence-corrected chi connectivity index (χ2v) is 9.70. The van der Waals surface area contributed by atoms with Gasteiger partial charge in [-0.3, -0.25) is 9.59 Å². The molecule has 0 radical (unpaired) electrons. The quantitative estimate of drug-likeness (QED) is 0.193. The summed E-state index contributed by atoms with van der Waals surface area (Å²) in [5.41, 5.74) is 1.15. The van der Waals surface area contributed by atoms with Crippen LogP contribution in [0.5, 0.6) is 5.75 Å². The maximum Gasteiger partial charge on any atom is 0.330 e. The number of unbranched alkanes of at least 4 members (excludes halogenated alkanes) is 1. The average molecular weight is 471 g/mol. The summed E-state index contributed by atoms with van der Waals surface area (Å²) in [6.45, 7) is 6.05. The highest BCUT2D eigenvalue weighted by Gasteiger charge is 2.35. The van der Waals surface area contributed by atoms with Crippen LogP contribution in [0, 0.1) is 30.6 Å². The standard InChI is InChI=1S/C28H38O6/c1-3-26(29)32-18-4-5-19-33-27(30)23-12-8-21(9-13-23)22-10-14-24(15-11-22)28(31)34-25-16-6-20(2)7-17-25/h3,6-7,16-17,21-24H,1,4-5,8-15,18-19H2,2H3. The van der Waals surface area contributed by atoms with E-state index in [-0.39, 0.29) is 23.8 Å². The number of benzene rings is 1. The number of aryl methyl sites for hydroxylation is 1. The van der Waals surface area contributed by atoms with Crippen molar-refractivity contribution in [2.45, 2.75) is 71.1 Å². The first-order chi connectivity index (χ1) is 16.5. The molecule has 2 saturated carbocycles. The third-order valence-corrected chi connectivity index (χ3v) is 7.31. The number of hydrogen-bond donors (Lipinski definition) is 0. The lowest BCUT2D eigenvalue weighted by Crippen LogP contribution is -2.31. The summed E-state index contributed by atoms with van der Waals surface area (Å²) in [6, 6.07) is 7.61. The van der Waals surface area contributed by atoms with Crippen molar-refractivity contribution in [2.24, 2.45) is 23.7 Å². The zero-order valence-electron chi connectivity index (χ0n) is 20.3. The molecular formula is C28H38O6. The smallest absolute Gasteiger partial charge is 0.330 e. The Morgan fingerprint density at radius 2 is 1.29 bits per heavy atom. The number of esters is 3. The van der Waals surface area contributed by atoms with Crippen LogP contribution in [0.3, 0.4) is 0 Å². The molecule has 34 heavy (non-hydrogen) atoms. The van der Waals surface area contributed by atoms with Gasteiger partial charge in [0.1, 0.15) is 5.75 Å². The second-order valence-electron chi connectivity index (χ2n) is 9.70. The number of carbonyl (C=O) groups is 3. The normalized spacial score (nSPS) is 24.6. The second kappa shape index (κ2) is 13.3. The van der Waals surface area contributed by atoms with Crippen LogP contribution in [-0.2, 0) is 23.9 Å². The molecule has 0 saturated heterocycles. The lowest BCUT2D eigenvalue weighted by Gasteiger charge is -2.36. The molecular weight excluding hydrogens is 432 g/mol. The van der Waals surface area contributed by atoms with Crippen LogP contribution in [0.25, 0.3) is 0 Å². The van der Waals surface area contributed by atoms with E-state index in [4.69, 9.17) is 14.2 Å². The average Bonchev–Trinajstić information content (AvgIpc) is 2.87. The Bertz CT molecular complexity index is 814. The summed E-state index contributed by atoms with van der Waals surface area (Å²) in [4.78, 5) is 35.9. The zero-order valence-corrected chi connectivity index (χ0v) is 20.3. The summed E-state index contributed by atoms with van der Waals surface area (Å²) < 4.78 is 15.9. The van der Waals surface area contributed by atoms with E-state index in [1.807, 2.05) is 31.2 Å². The molecule has 0 amide bonds. The first-order valence-electron chi connectivity index (χ1n) is 12.7. The lowest BCUT2D eigenvalue weighted by molar-refractivity contribution is -0.151. The minimum absolute atomic E-state index is 0.00401. The highest BCUT2D eigenvalue weighted by molar-refractivity contribution is 5.81. The van der Waals surface area contributed by atoms with Gasteiger partial charge in [-0.15, -0.1) is 0 Å². The van der Waals surface area contributed by atoms with Gasteiger partial charge in [0.15, 0.2) is 0 Å². The molecule has 0 atom stereocenters. The van der Waals surface area contributed by atoms with E-state index < -0.39 is 5.97 Å². The fourth-order valence-electron chi connectivity index (χ4n) is 5.18. The Kier molecular flexibility index (Phi) is 10.2. The van der Waals surface area contributed by atoms with Gasteiger partial charge in [-0.2, -0.15) is 0 Å². The Balaban J connectivity index is 1.29. The highest BCUT2D eigenvalue weighted by atomic mass is 16.5. The van der Waals surface area contributed by atoms with Crippen LogP contribution in [0.15, 0.2) is 36.9 Å². The van der Waals surface area contributed by atoms with E-state index in [1.165, 1.54) is 0 Å². The summed E-state index contributed by atoms with van der Waals surface area (Å²) in [6.07, 6.45) is 10.3. The number of hydrogen-bond acceptors (Lipinski definition) is 6. The first kappa shape index (κ1) is 26.0. The van der Waals surface area contributed by atoms with Gasteiger partial charge in [0.2, 0.25) is 0 Å². The maximum atomic E-state index is 12.5. The monoisotopic (exact) mass is 470 g/mol. The van der Waals surface area contributed by atoms with Crippen molar-refractivity contribution in [2.75, 3.05) is 13.2 Å². The zero-order chi connectivity index (χ0) is 24.3. The van der Waals surface area contributed by atoms with Crippen LogP contribution >= 0.6 is 0 Å². The minimum atomic E-state index is -0.426. The Hall–Kier alpha value is -2.63. The number of carbonyl (C=O) groups excluding carboxylic acids is 3. The Morgan fingerprint density at radius 3 is 1.82 bits per heavy atom. The number of ether oxygens (including phenoxy) is 3. The summed E-state index contributed by atoms with van der Waals surface area (Å²) in [5, 5.41) is 0. The minimum Gasteiger partial charge on any atom is -0.465 e. The van der Waals surface area contributed by atoms with Gasteiger partial charge in [-0.1, -0.05) is 24.3 Å². The molecule has 0 aromatic heterocycles. The molecule has 6 nitrogen and oxygen atoms in total. The molecule has 0 bridgehead atoms. The maximum absolute atomic E-state index is 12.5. The van der Waals surface area contributed by atoms with Crippen LogP contribution in [0.4, 0.5) is 0 Å². The van der Waals surface area contributed by atoms with Crippen molar-refractivity contribution < 1.29 is 28.6 Å². The van der Waals surface area contributed by atoms with Gasteiger partial charge in [0.25, 0.3) is 0 Å². The van der Waals surface area contributed by atoms with Crippen LogP contribution in [0.2, 0.25) is 0 Å². The highest BCUT2D eigenvalue weighted by Crippen LogP contribution is 2.42. The topological polar surface area (TPSA) is 78.9 Å². The molecule has 1 aromatic carbocycles. The third kappa shape index (κ3) is 8.00. The molecule has 2 fully saturated rings. The predicted molar refractivity (Wildman–Crippen MR) is 129 cm³/mol. The fraction of sp³-hybridized carbons (Fsp3) is 0.607. The first-order valence-corrected chi connectivity index (χ1v) is 12.7. The van der Waals surface area contributed by atoms with Crippen molar-refractivity contribution in [1.82, 2.24) is 0 Å². The van der Waals surface area contributed by atoms with Crippen molar-refractivity contribution >= 4 is 17.9 Å². The van der Waals surface area contributed by atoms with Gasteiger partial charge >= 0.3 is 17.9 Å². The molecule has 2 aliphatic rings. The van der Waals surface area contributed by atoms with Gasteiger partial charge < -0.3 is 14.2 Å². The SMILES string of the molecule is C=CC(=O)OCCCCOC(=O)C1CCC(C2CCC(C(=O)Oc3ccc(C)cc3)CC2)CC1. The van der Waals surface area contributed by atoms with E-state index in [0.29, 0.717) is 43.6 Å². The molecule has 0 heterocycles.